The molecule has 7 nitrogen and oxygen atoms in total. The molecule has 1 atom stereocenters. The van der Waals surface area contributed by atoms with Crippen LogP contribution in [0.1, 0.15) is 52.9 Å². The number of ether oxygens (including phenoxy) is 2. The number of esters is 2. The van der Waals surface area contributed by atoms with Crippen LogP contribution in [0, 0.1) is 0 Å². The Morgan fingerprint density at radius 2 is 1.50 bits per heavy atom. The van der Waals surface area contributed by atoms with Crippen LogP contribution in [0.25, 0.3) is 0 Å². The maximum atomic E-state index is 11.9. The summed E-state index contributed by atoms with van der Waals surface area (Å²) in [6.45, 7) is 4.91. The van der Waals surface area contributed by atoms with E-state index in [2.05, 4.69) is 0 Å². The molecular formula is C13H24NaO7S. The zero-order chi connectivity index (χ0) is 16.5. The van der Waals surface area contributed by atoms with Crippen molar-refractivity contribution >= 4 is 51.6 Å². The van der Waals surface area contributed by atoms with Crippen LogP contribution in [0.3, 0.4) is 0 Å². The van der Waals surface area contributed by atoms with E-state index in [0.29, 0.717) is 12.8 Å². The van der Waals surface area contributed by atoms with Crippen molar-refractivity contribution in [2.45, 2.75) is 57.6 Å². The Hall–Kier alpha value is -0.150. The Morgan fingerprint density at radius 3 is 1.91 bits per heavy atom. The van der Waals surface area contributed by atoms with Crippen LogP contribution in [-0.2, 0) is 29.2 Å². The normalized spacial score (nSPS) is 13.6. The van der Waals surface area contributed by atoms with Gasteiger partial charge < -0.3 is 9.47 Å². The molecule has 125 valence electrons. The predicted octanol–water partition coefficient (Wildman–Crippen LogP) is 1.33. The quantitative estimate of drug-likeness (QED) is 0.275. The summed E-state index contributed by atoms with van der Waals surface area (Å²) >= 11 is 0. The van der Waals surface area contributed by atoms with Crippen LogP contribution in [0.4, 0.5) is 0 Å². The fourth-order valence-corrected chi connectivity index (χ4v) is 1.96. The van der Waals surface area contributed by atoms with E-state index in [9.17, 15) is 22.6 Å². The first kappa shape index (κ1) is 24.1. The molecule has 0 aliphatic carbocycles. The Morgan fingerprint density at radius 1 is 1.05 bits per heavy atom. The SMILES string of the molecule is CCCCOC(=O)CC(C)(C(=O)OCCCC)S(=O)(=O)O.[Na]. The van der Waals surface area contributed by atoms with Gasteiger partial charge in [-0.2, -0.15) is 8.42 Å². The molecule has 9 heteroatoms. The number of unbranched alkanes of at least 4 members (excludes halogenated alkanes) is 2. The molecule has 0 spiro atoms. The predicted molar refractivity (Wildman–Crippen MR) is 82.1 cm³/mol. The molecule has 22 heavy (non-hydrogen) atoms. The van der Waals surface area contributed by atoms with Gasteiger partial charge in [-0.15, -0.1) is 0 Å². The van der Waals surface area contributed by atoms with E-state index in [1.807, 2.05) is 13.8 Å². The van der Waals surface area contributed by atoms with Crippen LogP contribution >= 0.6 is 0 Å². The van der Waals surface area contributed by atoms with Gasteiger partial charge in [0.15, 0.2) is 0 Å². The van der Waals surface area contributed by atoms with Gasteiger partial charge in [-0.05, 0) is 19.8 Å². The van der Waals surface area contributed by atoms with Crippen molar-refractivity contribution in [3.8, 4) is 0 Å². The molecule has 0 saturated carbocycles. The summed E-state index contributed by atoms with van der Waals surface area (Å²) in [6, 6.07) is 0. The molecule has 0 aliphatic heterocycles. The molecule has 0 heterocycles. The summed E-state index contributed by atoms with van der Waals surface area (Å²) in [7, 11) is -4.80. The van der Waals surface area contributed by atoms with Crippen molar-refractivity contribution in [2.24, 2.45) is 0 Å². The Balaban J connectivity index is 0. The van der Waals surface area contributed by atoms with Gasteiger partial charge in [0.05, 0.1) is 19.6 Å². The first-order valence-corrected chi connectivity index (χ1v) is 8.43. The average molecular weight is 347 g/mol. The van der Waals surface area contributed by atoms with E-state index in [1.165, 1.54) is 0 Å². The standard InChI is InChI=1S/C13H24O7S.Na/c1-4-6-8-19-11(14)10-13(3,21(16,17)18)12(15)20-9-7-5-2;/h4-10H2,1-3H3,(H,16,17,18);. The van der Waals surface area contributed by atoms with Crippen molar-refractivity contribution in [2.75, 3.05) is 13.2 Å². The van der Waals surface area contributed by atoms with Crippen molar-refractivity contribution in [3.63, 3.8) is 0 Å². The third-order valence-electron chi connectivity index (χ3n) is 2.97. The van der Waals surface area contributed by atoms with E-state index in [-0.39, 0.29) is 42.8 Å². The van der Waals surface area contributed by atoms with E-state index >= 15 is 0 Å². The number of hydrogen-bond acceptors (Lipinski definition) is 6. The van der Waals surface area contributed by atoms with Gasteiger partial charge in [0.2, 0.25) is 4.75 Å². The zero-order valence-electron chi connectivity index (χ0n) is 13.8. The van der Waals surface area contributed by atoms with Gasteiger partial charge in [-0.25, -0.2) is 0 Å². The fraction of sp³-hybridized carbons (Fsp3) is 0.846. The third-order valence-corrected chi connectivity index (χ3v) is 4.42. The molecule has 1 unspecified atom stereocenters. The van der Waals surface area contributed by atoms with Gasteiger partial charge >= 0.3 is 11.9 Å². The smallest absolute Gasteiger partial charge is 0.330 e. The number of rotatable bonds is 10. The number of hydrogen-bond donors (Lipinski definition) is 1. The molecule has 0 saturated heterocycles. The minimum Gasteiger partial charge on any atom is -0.466 e. The largest absolute Gasteiger partial charge is 0.466 e. The third kappa shape index (κ3) is 7.92. The van der Waals surface area contributed by atoms with Crippen LogP contribution in [0.2, 0.25) is 0 Å². The summed E-state index contributed by atoms with van der Waals surface area (Å²) in [6.07, 6.45) is 1.99. The van der Waals surface area contributed by atoms with Crippen molar-refractivity contribution in [1.29, 1.82) is 0 Å². The van der Waals surface area contributed by atoms with Crippen molar-refractivity contribution in [1.82, 2.24) is 0 Å². The van der Waals surface area contributed by atoms with Crippen LogP contribution in [-0.4, -0.2) is 72.4 Å². The summed E-state index contributed by atoms with van der Waals surface area (Å²) in [5.74, 6) is -2.01. The average Bonchev–Trinajstić information content (AvgIpc) is 2.37. The molecule has 0 aromatic carbocycles. The molecule has 0 aliphatic rings. The van der Waals surface area contributed by atoms with Gasteiger partial charge in [0.25, 0.3) is 10.1 Å². The molecule has 0 aromatic rings. The second-order valence-corrected chi connectivity index (χ2v) is 6.80. The summed E-state index contributed by atoms with van der Waals surface area (Å²) in [5.41, 5.74) is 0. The summed E-state index contributed by atoms with van der Waals surface area (Å²) in [4.78, 5) is 23.5. The molecule has 0 amide bonds. The topological polar surface area (TPSA) is 107 Å². The molecule has 0 rings (SSSR count). The second-order valence-electron chi connectivity index (χ2n) is 4.95. The monoisotopic (exact) mass is 347 g/mol. The maximum Gasteiger partial charge on any atom is 0.330 e. The van der Waals surface area contributed by atoms with E-state index < -0.39 is 33.2 Å². The molecule has 0 aromatic heterocycles. The fourth-order valence-electron chi connectivity index (χ4n) is 1.39. The van der Waals surface area contributed by atoms with E-state index in [1.54, 1.807) is 0 Å². The Kier molecular flexibility index (Phi) is 12.5. The summed E-state index contributed by atoms with van der Waals surface area (Å²) in [5, 5.41) is 0. The zero-order valence-corrected chi connectivity index (χ0v) is 16.6. The van der Waals surface area contributed by atoms with Gasteiger partial charge in [0.1, 0.15) is 0 Å². The minimum atomic E-state index is -4.80. The van der Waals surface area contributed by atoms with Crippen LogP contribution < -0.4 is 0 Å². The molecular weight excluding hydrogens is 323 g/mol. The van der Waals surface area contributed by atoms with Crippen molar-refractivity contribution < 1.29 is 32.0 Å². The molecule has 0 bridgehead atoms. The van der Waals surface area contributed by atoms with E-state index in [4.69, 9.17) is 9.47 Å². The first-order chi connectivity index (χ1) is 9.69. The number of carbonyl (C=O) groups is 2. The van der Waals surface area contributed by atoms with E-state index in [0.717, 1.165) is 19.8 Å². The minimum absolute atomic E-state index is 0. The van der Waals surface area contributed by atoms with Crippen LogP contribution in [0.5, 0.6) is 0 Å². The van der Waals surface area contributed by atoms with Crippen LogP contribution in [0.15, 0.2) is 0 Å². The molecule has 1 N–H and O–H groups in total. The van der Waals surface area contributed by atoms with Gasteiger partial charge in [0, 0.05) is 29.6 Å². The Bertz CT molecular complexity index is 449. The Labute approximate surface area is 154 Å². The van der Waals surface area contributed by atoms with Gasteiger partial charge in [-0.1, -0.05) is 26.7 Å². The maximum absolute atomic E-state index is 11.9. The summed E-state index contributed by atoms with van der Waals surface area (Å²) < 4.78 is 39.4. The second kappa shape index (κ2) is 11.4. The van der Waals surface area contributed by atoms with Crippen molar-refractivity contribution in [3.05, 3.63) is 0 Å². The molecule has 0 fully saturated rings. The first-order valence-electron chi connectivity index (χ1n) is 6.99. The molecule has 1 radical (unpaired) electrons. The van der Waals surface area contributed by atoms with Gasteiger partial charge in [-0.3, -0.25) is 14.1 Å². The number of carbonyl (C=O) groups excluding carboxylic acids is 2.